The van der Waals surface area contributed by atoms with Crippen LogP contribution in [-0.4, -0.2) is 141 Å². The Kier molecular flexibility index (Phi) is 13.1. The second-order valence-corrected chi connectivity index (χ2v) is 24.3. The first-order valence-corrected chi connectivity index (χ1v) is 29.2. The van der Waals surface area contributed by atoms with E-state index in [1.54, 1.807) is 18.5 Å². The molecule has 78 heavy (non-hydrogen) atoms. The highest BCUT2D eigenvalue weighted by atomic mass is 35.5. The molecule has 4 aromatic heterocycles. The maximum absolute atomic E-state index is 16.6. The summed E-state index contributed by atoms with van der Waals surface area (Å²) in [5.74, 6) is 0.796. The second kappa shape index (κ2) is 20.3. The van der Waals surface area contributed by atoms with Gasteiger partial charge in [0.1, 0.15) is 47.3 Å². The Balaban J connectivity index is 0.000000142. The predicted molar refractivity (Wildman–Crippen MR) is 303 cm³/mol. The summed E-state index contributed by atoms with van der Waals surface area (Å²) in [5, 5.41) is 10.9. The molecule has 0 aliphatic carbocycles. The van der Waals surface area contributed by atoms with E-state index < -0.39 is 11.6 Å². The number of pyridine rings is 2. The van der Waals surface area contributed by atoms with Gasteiger partial charge in [-0.25, -0.2) is 8.78 Å². The topological polar surface area (TPSA) is 133 Å². The summed E-state index contributed by atoms with van der Waals surface area (Å²) >= 11 is 6.67. The van der Waals surface area contributed by atoms with Crippen molar-refractivity contribution in [2.24, 2.45) is 0 Å². The Morgan fingerprint density at radius 1 is 0.590 bits per heavy atom. The van der Waals surface area contributed by atoms with Gasteiger partial charge in [0, 0.05) is 73.9 Å². The molecule has 12 heterocycles. The maximum atomic E-state index is 16.6. The van der Waals surface area contributed by atoms with Crippen molar-refractivity contribution in [1.82, 2.24) is 50.3 Å². The summed E-state index contributed by atoms with van der Waals surface area (Å²) in [6, 6.07) is 21.7. The first-order chi connectivity index (χ1) is 38.1. The van der Waals surface area contributed by atoms with Crippen LogP contribution < -0.4 is 29.9 Å². The van der Waals surface area contributed by atoms with Crippen molar-refractivity contribution in [3.63, 3.8) is 0 Å². The van der Waals surface area contributed by atoms with Crippen molar-refractivity contribution in [3.05, 3.63) is 95.3 Å². The van der Waals surface area contributed by atoms with Gasteiger partial charge < -0.3 is 29.9 Å². The van der Waals surface area contributed by atoms with E-state index in [9.17, 15) is 0 Å². The van der Waals surface area contributed by atoms with Crippen molar-refractivity contribution < 1.29 is 18.3 Å². The second-order valence-electron chi connectivity index (χ2n) is 23.9. The molecule has 2 N–H and O–H groups in total. The summed E-state index contributed by atoms with van der Waals surface area (Å²) in [6.45, 7) is 13.2. The lowest BCUT2D eigenvalue weighted by atomic mass is 9.94. The molecule has 14 nitrogen and oxygen atoms in total. The molecular weight excluding hydrogens is 1010 g/mol. The van der Waals surface area contributed by atoms with E-state index in [-0.39, 0.29) is 40.2 Å². The molecule has 3 aromatic carbocycles. The molecule has 15 rings (SSSR count). The molecule has 8 saturated heterocycles. The van der Waals surface area contributed by atoms with Gasteiger partial charge in [-0.3, -0.25) is 19.8 Å². The van der Waals surface area contributed by atoms with Crippen molar-refractivity contribution in [3.8, 4) is 34.5 Å². The number of halogens is 3. The molecule has 4 unspecified atom stereocenters. The molecule has 0 spiro atoms. The Bertz CT molecular complexity index is 3400. The molecule has 8 aliphatic rings. The standard InChI is InChI=1S/C31H32ClFN6O.C30H37FN6O/c32-24-10-7-19-5-1-2-6-22(19)25(24)28-26(33)27-23(15-34-28)29(38-16-20-8-9-21(17-38)35-20)37-30(36-27)40-18-31-11-3-13-39(31)14-4-12-31;1-19(2)22-7-3-4-8-23(22)26-25(31)27-24(15-32-26)28(36-16-20-9-10-21(17-36)33-20)35-29(34-27)38-18-30-11-5-13-37(30)14-6-12-30/h1-2,5-7,10,15,20-21,35H,3-4,8-9,11-14,16-18H2;3-4,7-8,15,19-21,33H,5-6,9-14,16-18H2,1-2H3. The van der Waals surface area contributed by atoms with E-state index in [0.29, 0.717) is 75.8 Å². The van der Waals surface area contributed by atoms with Crippen molar-refractivity contribution >= 4 is 55.8 Å². The average Bonchev–Trinajstić information content (AvgIpc) is 4.37. The van der Waals surface area contributed by atoms with E-state index >= 15 is 8.78 Å². The number of fused-ring (bicyclic) bond motifs is 9. The first kappa shape index (κ1) is 50.3. The lowest BCUT2D eigenvalue weighted by molar-refractivity contribution is 0.108. The summed E-state index contributed by atoms with van der Waals surface area (Å²) in [7, 11) is 0. The minimum absolute atomic E-state index is 0.0467. The van der Waals surface area contributed by atoms with Crippen molar-refractivity contribution in [2.45, 2.75) is 132 Å². The Hall–Kier alpha value is -5.91. The average molecular weight is 1080 g/mol. The van der Waals surface area contributed by atoms with Gasteiger partial charge >= 0.3 is 12.0 Å². The van der Waals surface area contributed by atoms with Gasteiger partial charge in [0.2, 0.25) is 0 Å². The quantitative estimate of drug-likeness (QED) is 0.127. The van der Waals surface area contributed by atoms with Crippen LogP contribution in [0.3, 0.4) is 0 Å². The fourth-order valence-corrected chi connectivity index (χ4v) is 15.2. The molecule has 0 radical (unpaired) electrons. The van der Waals surface area contributed by atoms with Crippen LogP contribution in [0.2, 0.25) is 5.02 Å². The van der Waals surface area contributed by atoms with Gasteiger partial charge in [0.15, 0.2) is 11.6 Å². The van der Waals surface area contributed by atoms with Gasteiger partial charge in [-0.1, -0.05) is 80.0 Å². The summed E-state index contributed by atoms with van der Waals surface area (Å²) in [6.07, 6.45) is 17.4. The highest BCUT2D eigenvalue weighted by Gasteiger charge is 2.47. The molecule has 8 aliphatic heterocycles. The van der Waals surface area contributed by atoms with Crippen molar-refractivity contribution in [1.29, 1.82) is 0 Å². The monoisotopic (exact) mass is 1070 g/mol. The van der Waals surface area contributed by atoms with Gasteiger partial charge in [-0.05, 0) is 132 Å². The van der Waals surface area contributed by atoms with Crippen LogP contribution in [0.1, 0.15) is 102 Å². The highest BCUT2D eigenvalue weighted by molar-refractivity contribution is 6.35. The van der Waals surface area contributed by atoms with Crippen LogP contribution in [0.4, 0.5) is 20.4 Å². The molecule has 0 amide bonds. The predicted octanol–water partition coefficient (Wildman–Crippen LogP) is 10.5. The zero-order valence-electron chi connectivity index (χ0n) is 44.8. The number of anilines is 2. The number of nitrogens with one attached hydrogen (secondary N) is 2. The fraction of sp³-hybridized carbons (Fsp3) is 0.508. The number of piperazine rings is 2. The molecule has 8 fully saturated rings. The van der Waals surface area contributed by atoms with E-state index in [0.717, 1.165) is 131 Å². The summed E-state index contributed by atoms with van der Waals surface area (Å²) < 4.78 is 45.8. The number of nitrogens with zero attached hydrogens (tertiary/aromatic N) is 10. The molecule has 0 saturated carbocycles. The van der Waals surface area contributed by atoms with Crippen LogP contribution in [0.25, 0.3) is 55.1 Å². The number of rotatable bonds is 11. The molecule has 7 aromatic rings. The largest absolute Gasteiger partial charge is 0.461 e. The van der Waals surface area contributed by atoms with Gasteiger partial charge in [0.05, 0.1) is 26.9 Å². The summed E-state index contributed by atoms with van der Waals surface area (Å²) in [5.41, 5.74) is 3.65. The normalized spacial score (nSPS) is 24.1. The molecule has 4 atom stereocenters. The van der Waals surface area contributed by atoms with Crippen molar-refractivity contribution in [2.75, 3.05) is 75.4 Å². The van der Waals surface area contributed by atoms with Gasteiger partial charge in [0.25, 0.3) is 0 Å². The Labute approximate surface area is 459 Å². The lowest BCUT2D eigenvalue weighted by Gasteiger charge is -2.34. The van der Waals surface area contributed by atoms with Crippen LogP contribution in [0.15, 0.2) is 73.1 Å². The minimum atomic E-state index is -0.496. The molecule has 17 heteroatoms. The van der Waals surface area contributed by atoms with Crippen LogP contribution in [-0.2, 0) is 0 Å². The number of benzene rings is 3. The van der Waals surface area contributed by atoms with E-state index in [1.165, 1.54) is 25.7 Å². The van der Waals surface area contributed by atoms with E-state index in [4.69, 9.17) is 41.0 Å². The molecule has 406 valence electrons. The van der Waals surface area contributed by atoms with Gasteiger partial charge in [-0.2, -0.15) is 19.9 Å². The Morgan fingerprint density at radius 2 is 1.06 bits per heavy atom. The van der Waals surface area contributed by atoms with E-state index in [1.807, 2.05) is 48.5 Å². The summed E-state index contributed by atoms with van der Waals surface area (Å²) in [4.78, 5) is 38.2. The van der Waals surface area contributed by atoms with Crippen LogP contribution in [0.5, 0.6) is 12.0 Å². The Morgan fingerprint density at radius 3 is 1.59 bits per heavy atom. The first-order valence-electron chi connectivity index (χ1n) is 28.9. The minimum Gasteiger partial charge on any atom is -0.461 e. The highest BCUT2D eigenvalue weighted by Crippen LogP contribution is 2.44. The third-order valence-electron chi connectivity index (χ3n) is 18.8. The fourth-order valence-electron chi connectivity index (χ4n) is 15.0. The third-order valence-corrected chi connectivity index (χ3v) is 19.1. The smallest absolute Gasteiger partial charge is 0.319 e. The number of aromatic nitrogens is 6. The molecular formula is C61H69ClF2N12O2. The van der Waals surface area contributed by atoms with E-state index in [2.05, 4.69) is 60.1 Å². The number of ether oxygens (including phenoxy) is 2. The van der Waals surface area contributed by atoms with Gasteiger partial charge in [-0.15, -0.1) is 0 Å². The lowest BCUT2D eigenvalue weighted by Crippen LogP contribution is -2.51. The zero-order chi connectivity index (χ0) is 52.7. The van der Waals surface area contributed by atoms with Crippen LogP contribution in [0, 0.1) is 11.6 Å². The molecule has 4 bridgehead atoms. The third kappa shape index (κ3) is 8.97. The number of hydrogen-bond acceptors (Lipinski definition) is 14. The SMILES string of the molecule is CC(C)c1ccccc1-c1ncc2c(N3CC4CCC(C3)N4)nc(OCC34CCCN3CCC4)nc2c1F.Fc1c(-c2c(Cl)ccc3ccccc23)ncc2c(N3CC4CCC(C3)N4)nc(OCC34CCCN3CCC4)nc12. The number of hydrogen-bond donors (Lipinski definition) is 2. The maximum Gasteiger partial charge on any atom is 0.319 e. The zero-order valence-corrected chi connectivity index (χ0v) is 45.5. The van der Waals surface area contributed by atoms with Crippen LogP contribution >= 0.6 is 11.6 Å².